The molecule has 0 bridgehead atoms. The summed E-state index contributed by atoms with van der Waals surface area (Å²) in [4.78, 5) is 12.6. The average Bonchev–Trinajstić information content (AvgIpc) is 3.24. The molecule has 6 heteroatoms. The Kier molecular flexibility index (Phi) is 4.19. The predicted molar refractivity (Wildman–Crippen MR) is 94.0 cm³/mol. The van der Waals surface area contributed by atoms with Crippen molar-refractivity contribution in [3.05, 3.63) is 59.2 Å². The Balaban J connectivity index is 1.79. The number of rotatable bonds is 4. The van der Waals surface area contributed by atoms with E-state index in [1.165, 1.54) is 17.7 Å². The van der Waals surface area contributed by atoms with Gasteiger partial charge in [0.15, 0.2) is 9.84 Å². The third-order valence-corrected chi connectivity index (χ3v) is 5.43. The zero-order chi connectivity index (χ0) is 17.5. The van der Waals surface area contributed by atoms with Gasteiger partial charge in [0.25, 0.3) is 5.91 Å². The van der Waals surface area contributed by atoms with Crippen molar-refractivity contribution >= 4 is 21.4 Å². The Morgan fingerprint density at radius 1 is 1.17 bits per heavy atom. The molecule has 0 spiro atoms. The van der Waals surface area contributed by atoms with Gasteiger partial charge in [0.2, 0.25) is 0 Å². The summed E-state index contributed by atoms with van der Waals surface area (Å²) in [7, 11) is -3.35. The molecule has 2 aromatic rings. The number of hydrogen-bond acceptors (Lipinski definition) is 4. The highest BCUT2D eigenvalue weighted by Crippen LogP contribution is 2.39. The Bertz CT molecular complexity index is 889. The van der Waals surface area contributed by atoms with E-state index in [2.05, 4.69) is 5.32 Å². The number of amides is 1. The van der Waals surface area contributed by atoms with E-state index < -0.39 is 9.84 Å². The van der Waals surface area contributed by atoms with Gasteiger partial charge in [0, 0.05) is 29.5 Å². The number of carbonyl (C=O) groups excluding carboxylic acids is 1. The largest absolute Gasteiger partial charge is 0.327 e. The number of hydrogen-bond donors (Lipinski definition) is 2. The lowest BCUT2D eigenvalue weighted by molar-refractivity contribution is 0.102. The molecule has 0 aliphatic heterocycles. The van der Waals surface area contributed by atoms with E-state index >= 15 is 0 Å². The molecule has 3 rings (SSSR count). The van der Waals surface area contributed by atoms with E-state index in [4.69, 9.17) is 5.73 Å². The maximum Gasteiger partial charge on any atom is 0.255 e. The lowest BCUT2D eigenvalue weighted by Crippen LogP contribution is -2.14. The minimum absolute atomic E-state index is 0.135. The highest BCUT2D eigenvalue weighted by Gasteiger charge is 2.34. The molecule has 1 fully saturated rings. The highest BCUT2D eigenvalue weighted by atomic mass is 32.2. The van der Waals surface area contributed by atoms with Crippen LogP contribution in [-0.2, 0) is 9.84 Å². The van der Waals surface area contributed by atoms with Crippen molar-refractivity contribution in [2.45, 2.75) is 30.2 Å². The second kappa shape index (κ2) is 6.03. The predicted octanol–water partition coefficient (Wildman–Crippen LogP) is 2.47. The summed E-state index contributed by atoms with van der Waals surface area (Å²) in [5, 5.41) is 2.81. The van der Waals surface area contributed by atoms with Crippen LogP contribution in [0.25, 0.3) is 0 Å². The fraction of sp³-hybridized carbons (Fsp3) is 0.278. The number of carbonyl (C=O) groups is 1. The van der Waals surface area contributed by atoms with E-state index in [9.17, 15) is 13.2 Å². The molecule has 1 aliphatic rings. The molecule has 2 atom stereocenters. The van der Waals surface area contributed by atoms with E-state index in [0.29, 0.717) is 17.2 Å². The Labute approximate surface area is 141 Å². The number of benzene rings is 2. The highest BCUT2D eigenvalue weighted by molar-refractivity contribution is 7.90. The van der Waals surface area contributed by atoms with Crippen molar-refractivity contribution in [3.63, 3.8) is 0 Å². The molecule has 1 aliphatic carbocycles. The van der Waals surface area contributed by atoms with Crippen LogP contribution < -0.4 is 11.1 Å². The van der Waals surface area contributed by atoms with Gasteiger partial charge in [-0.2, -0.15) is 0 Å². The van der Waals surface area contributed by atoms with Crippen molar-refractivity contribution in [2.75, 3.05) is 11.6 Å². The van der Waals surface area contributed by atoms with Crippen LogP contribution in [0.4, 0.5) is 5.69 Å². The third kappa shape index (κ3) is 3.49. The zero-order valence-corrected chi connectivity index (χ0v) is 14.4. The maximum atomic E-state index is 12.5. The smallest absolute Gasteiger partial charge is 0.255 e. The van der Waals surface area contributed by atoms with Crippen molar-refractivity contribution in [1.29, 1.82) is 0 Å². The standard InChI is InChI=1S/C18H20N2O3S/c1-11-3-8-14(24(2,22)23)9-15(11)18(21)20-13-6-4-12(5-7-13)16-10-17(16)19/h3-9,16-17H,10,19H2,1-2H3,(H,20,21)/t16-,17+/m0/s1. The first-order valence-electron chi connectivity index (χ1n) is 7.73. The first kappa shape index (κ1) is 16.7. The van der Waals surface area contributed by atoms with Crippen LogP contribution >= 0.6 is 0 Å². The van der Waals surface area contributed by atoms with Gasteiger partial charge in [0.1, 0.15) is 0 Å². The van der Waals surface area contributed by atoms with Gasteiger partial charge in [-0.3, -0.25) is 4.79 Å². The van der Waals surface area contributed by atoms with E-state index in [-0.39, 0.29) is 16.8 Å². The summed E-state index contributed by atoms with van der Waals surface area (Å²) in [5.41, 5.74) is 8.76. The molecule has 1 amide bonds. The molecule has 2 aromatic carbocycles. The molecule has 0 radical (unpaired) electrons. The maximum absolute atomic E-state index is 12.5. The molecular formula is C18H20N2O3S. The summed E-state index contributed by atoms with van der Waals surface area (Å²) in [6.07, 6.45) is 2.13. The third-order valence-electron chi connectivity index (χ3n) is 4.32. The molecule has 0 aromatic heterocycles. The van der Waals surface area contributed by atoms with Crippen LogP contribution in [0.1, 0.15) is 33.8 Å². The number of nitrogens with one attached hydrogen (secondary N) is 1. The molecule has 3 N–H and O–H groups in total. The van der Waals surface area contributed by atoms with Crippen LogP contribution in [0.3, 0.4) is 0 Å². The summed E-state index contributed by atoms with van der Waals surface area (Å²) in [6.45, 7) is 1.78. The second-order valence-corrected chi connectivity index (χ2v) is 8.35. The van der Waals surface area contributed by atoms with E-state index in [1.807, 2.05) is 24.3 Å². The molecule has 126 valence electrons. The number of sulfone groups is 1. The quantitative estimate of drug-likeness (QED) is 0.891. The molecule has 5 nitrogen and oxygen atoms in total. The zero-order valence-electron chi connectivity index (χ0n) is 13.6. The van der Waals surface area contributed by atoms with Crippen molar-refractivity contribution in [2.24, 2.45) is 5.73 Å². The van der Waals surface area contributed by atoms with E-state index in [1.54, 1.807) is 13.0 Å². The lowest BCUT2D eigenvalue weighted by atomic mass is 10.1. The average molecular weight is 344 g/mol. The van der Waals surface area contributed by atoms with Gasteiger partial charge < -0.3 is 11.1 Å². The van der Waals surface area contributed by atoms with Gasteiger partial charge in [-0.1, -0.05) is 18.2 Å². The Morgan fingerprint density at radius 3 is 2.33 bits per heavy atom. The molecule has 0 saturated heterocycles. The Hall–Kier alpha value is -2.18. The van der Waals surface area contributed by atoms with Crippen molar-refractivity contribution in [3.8, 4) is 0 Å². The number of nitrogens with two attached hydrogens (primary N) is 1. The lowest BCUT2D eigenvalue weighted by Gasteiger charge is -2.10. The summed E-state index contributed by atoms with van der Waals surface area (Å²) < 4.78 is 23.3. The Morgan fingerprint density at radius 2 is 1.79 bits per heavy atom. The van der Waals surface area contributed by atoms with Crippen LogP contribution in [0.15, 0.2) is 47.4 Å². The summed E-state index contributed by atoms with van der Waals surface area (Å²) in [6, 6.07) is 12.4. The fourth-order valence-electron chi connectivity index (χ4n) is 2.69. The monoisotopic (exact) mass is 344 g/mol. The first-order valence-corrected chi connectivity index (χ1v) is 9.62. The molecule has 0 unspecified atom stereocenters. The first-order chi connectivity index (χ1) is 11.3. The van der Waals surface area contributed by atoms with Crippen molar-refractivity contribution in [1.82, 2.24) is 0 Å². The van der Waals surface area contributed by atoms with Gasteiger partial charge in [-0.05, 0) is 48.7 Å². The molecular weight excluding hydrogens is 324 g/mol. The fourth-order valence-corrected chi connectivity index (χ4v) is 3.33. The SMILES string of the molecule is Cc1ccc(S(C)(=O)=O)cc1C(=O)Nc1ccc([C@@H]2C[C@H]2N)cc1. The summed E-state index contributed by atoms with van der Waals surface area (Å²) >= 11 is 0. The molecule has 1 saturated carbocycles. The normalized spacial score (nSPS) is 19.8. The molecule has 0 heterocycles. The van der Waals surface area contributed by atoms with Crippen LogP contribution in [0.5, 0.6) is 0 Å². The summed E-state index contributed by atoms with van der Waals surface area (Å²) in [5.74, 6) is 0.0947. The van der Waals surface area contributed by atoms with E-state index in [0.717, 1.165) is 18.2 Å². The van der Waals surface area contributed by atoms with Gasteiger partial charge >= 0.3 is 0 Å². The minimum atomic E-state index is -3.35. The molecule has 24 heavy (non-hydrogen) atoms. The number of anilines is 1. The van der Waals surface area contributed by atoms with Gasteiger partial charge in [-0.25, -0.2) is 8.42 Å². The number of aryl methyl sites for hydroxylation is 1. The topological polar surface area (TPSA) is 89.3 Å². The van der Waals surface area contributed by atoms with Crippen molar-refractivity contribution < 1.29 is 13.2 Å². The van der Waals surface area contributed by atoms with Crippen LogP contribution in [0, 0.1) is 6.92 Å². The van der Waals surface area contributed by atoms with Gasteiger partial charge in [0.05, 0.1) is 4.90 Å². The van der Waals surface area contributed by atoms with Crippen LogP contribution in [0.2, 0.25) is 0 Å². The van der Waals surface area contributed by atoms with Crippen LogP contribution in [-0.4, -0.2) is 26.6 Å². The second-order valence-electron chi connectivity index (χ2n) is 6.33. The minimum Gasteiger partial charge on any atom is -0.327 e. The van der Waals surface area contributed by atoms with Gasteiger partial charge in [-0.15, -0.1) is 0 Å².